The number of hydrogen-bond acceptors (Lipinski definition) is 4. The van der Waals surface area contributed by atoms with E-state index in [4.69, 9.17) is 0 Å². The van der Waals surface area contributed by atoms with Crippen LogP contribution in [0.3, 0.4) is 0 Å². The fourth-order valence-corrected chi connectivity index (χ4v) is 4.38. The molecule has 216 valence electrons. The molecule has 0 radical (unpaired) electrons. The molecule has 0 amide bonds. The number of hydrogen-bond donors (Lipinski definition) is 0. The van der Waals surface area contributed by atoms with Gasteiger partial charge in [0.25, 0.3) is 0 Å². The Hall–Kier alpha value is -4.22. The van der Waals surface area contributed by atoms with Gasteiger partial charge in [-0.1, -0.05) is 24.3 Å². The van der Waals surface area contributed by atoms with E-state index in [1.165, 1.54) is 24.3 Å². The van der Waals surface area contributed by atoms with Gasteiger partial charge in [0, 0.05) is 40.5 Å². The van der Waals surface area contributed by atoms with E-state index >= 15 is 0 Å². The Labute approximate surface area is 244 Å². The molecule has 4 aromatic heterocycles. The molecule has 0 aliphatic rings. The summed E-state index contributed by atoms with van der Waals surface area (Å²) in [4.78, 5) is 16.0. The van der Waals surface area contributed by atoms with Crippen LogP contribution in [-0.4, -0.2) is 29.1 Å². The van der Waals surface area contributed by atoms with E-state index in [-0.39, 0.29) is 32.1 Å². The van der Waals surface area contributed by atoms with Crippen LogP contribution in [0.2, 0.25) is 0 Å². The van der Waals surface area contributed by atoms with Gasteiger partial charge in [-0.25, -0.2) is 35.1 Å². The van der Waals surface area contributed by atoms with Gasteiger partial charge in [0.1, 0.15) is 23.3 Å². The predicted octanol–water partition coefficient (Wildman–Crippen LogP) is 6.19. The summed E-state index contributed by atoms with van der Waals surface area (Å²) in [6.45, 7) is 3.36. The third-order valence-corrected chi connectivity index (χ3v) is 6.61. The summed E-state index contributed by atoms with van der Waals surface area (Å²) in [6, 6.07) is 8.89. The molecular weight excluding hydrogens is 667 g/mol. The van der Waals surface area contributed by atoms with Crippen LogP contribution < -0.4 is 0 Å². The van der Waals surface area contributed by atoms with Crippen LogP contribution >= 0.6 is 0 Å². The van der Waals surface area contributed by atoms with Crippen LogP contribution in [-0.2, 0) is 25.8 Å². The van der Waals surface area contributed by atoms with E-state index in [0.717, 1.165) is 9.13 Å². The summed E-state index contributed by atoms with van der Waals surface area (Å²) in [5.74, 6) is -14.9. The van der Waals surface area contributed by atoms with Gasteiger partial charge in [0.05, 0.1) is 11.6 Å². The zero-order chi connectivity index (χ0) is 29.4. The van der Waals surface area contributed by atoms with Crippen molar-refractivity contribution in [2.45, 2.75) is 19.3 Å². The van der Waals surface area contributed by atoms with Crippen LogP contribution in [0.1, 0.15) is 25.2 Å². The first-order valence-electron chi connectivity index (χ1n) is 11.6. The number of fused-ring (bicyclic) bond motifs is 2. The van der Waals surface area contributed by atoms with E-state index in [1.54, 1.807) is 26.0 Å². The third-order valence-electron chi connectivity index (χ3n) is 6.61. The first kappa shape index (κ1) is 29.3. The molecule has 0 saturated heterocycles. The minimum Gasteiger partial charge on any atom is -0.409 e. The molecule has 4 heterocycles. The maximum atomic E-state index is 14.6. The monoisotopic (exact) mass is 678 g/mol. The van der Waals surface area contributed by atoms with Gasteiger partial charge in [-0.3, -0.25) is 9.97 Å². The molecule has 0 unspecified atom stereocenters. The van der Waals surface area contributed by atoms with Gasteiger partial charge in [0.15, 0.2) is 23.3 Å². The second-order valence-corrected chi connectivity index (χ2v) is 9.39. The van der Waals surface area contributed by atoms with Crippen molar-refractivity contribution >= 4 is 22.1 Å². The molecule has 0 spiro atoms. The van der Waals surface area contributed by atoms with Crippen molar-refractivity contribution < 1.29 is 55.5 Å². The van der Waals surface area contributed by atoms with Crippen molar-refractivity contribution in [3.05, 3.63) is 107 Å². The molecule has 42 heavy (non-hydrogen) atoms. The zero-order valence-corrected chi connectivity index (χ0v) is 22.5. The van der Waals surface area contributed by atoms with E-state index < -0.39 is 74.0 Å². The number of rotatable bonds is 4. The Balaban J connectivity index is 0.00000353. The van der Waals surface area contributed by atoms with Gasteiger partial charge in [-0.15, -0.1) is 0 Å². The number of aromatic nitrogens is 6. The van der Waals surface area contributed by atoms with Crippen LogP contribution in [0.25, 0.3) is 33.7 Å². The summed E-state index contributed by atoms with van der Waals surface area (Å²) in [5.41, 5.74) is -3.49. The fraction of sp³-hybridized carbons (Fsp3) is 0.111. The van der Waals surface area contributed by atoms with Crippen LogP contribution in [0, 0.1) is 59.2 Å². The summed E-state index contributed by atoms with van der Waals surface area (Å²) in [6.07, 6.45) is 4.57. The Kier molecular flexibility index (Phi) is 7.15. The zero-order valence-electron chi connectivity index (χ0n) is 21.0. The van der Waals surface area contributed by atoms with Crippen molar-refractivity contribution in [1.29, 1.82) is 0 Å². The average molecular weight is 679 g/mol. The predicted molar refractivity (Wildman–Crippen MR) is 127 cm³/mol. The second kappa shape index (κ2) is 10.3. The molecule has 6 aromatic rings. The van der Waals surface area contributed by atoms with Gasteiger partial charge >= 0.3 is 20.4 Å². The second-order valence-electron chi connectivity index (χ2n) is 9.39. The van der Waals surface area contributed by atoms with E-state index in [1.807, 2.05) is 0 Å². The van der Waals surface area contributed by atoms with Crippen molar-refractivity contribution in [3.8, 4) is 11.6 Å². The van der Waals surface area contributed by atoms with Crippen molar-refractivity contribution in [2.24, 2.45) is 0 Å². The molecular formula is C27H12F8N6Pd. The summed E-state index contributed by atoms with van der Waals surface area (Å²) >= 11 is 0. The normalized spacial score (nSPS) is 11.9. The summed E-state index contributed by atoms with van der Waals surface area (Å²) in [5, 5.41) is 0. The molecule has 0 bridgehead atoms. The standard InChI is InChI=1S/C27H12F8N6.Pd/c1-27(2,11-5-3-7-13(38-11)40-9-36-23-19(32)15(28)17(30)21(34)25(23)40)12-6-4-8-14(39-12)41-10-37-24-20(33)16(29)18(31)22(35)26(24)41;/h3-8H,1-2H3;/q-2;+2. The molecule has 6 nitrogen and oxygen atoms in total. The van der Waals surface area contributed by atoms with E-state index in [0.29, 0.717) is 11.4 Å². The van der Waals surface area contributed by atoms with Crippen LogP contribution in [0.4, 0.5) is 35.1 Å². The SMILES string of the molecule is CC(C)(c1cccc(-n2[c-]nc3c(F)c(F)c(F)c(F)c32)n1)c1cccc(-n2[c-]nc3c(F)c(F)c(F)c(F)c32)n1.[Pd+2]. The van der Waals surface area contributed by atoms with Gasteiger partial charge < -0.3 is 19.1 Å². The van der Waals surface area contributed by atoms with Crippen LogP contribution in [0.15, 0.2) is 36.4 Å². The Bertz CT molecular complexity index is 1890. The number of halogens is 8. The third kappa shape index (κ3) is 4.18. The van der Waals surface area contributed by atoms with Gasteiger partial charge in [0.2, 0.25) is 0 Å². The van der Waals surface area contributed by atoms with Crippen molar-refractivity contribution in [3.63, 3.8) is 0 Å². The molecule has 0 atom stereocenters. The maximum absolute atomic E-state index is 14.6. The topological polar surface area (TPSA) is 61.4 Å². The van der Waals surface area contributed by atoms with Crippen molar-refractivity contribution in [1.82, 2.24) is 29.1 Å². The average Bonchev–Trinajstić information content (AvgIpc) is 3.63. The van der Waals surface area contributed by atoms with E-state index in [2.05, 4.69) is 32.6 Å². The Morgan fingerprint density at radius 2 is 0.905 bits per heavy atom. The molecule has 0 fully saturated rings. The smallest absolute Gasteiger partial charge is 0.409 e. The number of nitrogens with zero attached hydrogens (tertiary/aromatic N) is 6. The largest absolute Gasteiger partial charge is 2.00 e. The quantitative estimate of drug-likeness (QED) is 0.0734. The maximum Gasteiger partial charge on any atom is 2.00 e. The molecule has 2 aromatic carbocycles. The first-order valence-corrected chi connectivity index (χ1v) is 11.6. The summed E-state index contributed by atoms with van der Waals surface area (Å²) in [7, 11) is 0. The van der Waals surface area contributed by atoms with E-state index in [9.17, 15) is 35.1 Å². The minimum absolute atomic E-state index is 0. The molecule has 0 aliphatic heterocycles. The van der Waals surface area contributed by atoms with Gasteiger partial charge in [-0.05, 0) is 37.0 Å². The van der Waals surface area contributed by atoms with Gasteiger partial charge in [-0.2, -0.15) is 0 Å². The molecule has 15 heteroatoms. The van der Waals surface area contributed by atoms with Crippen LogP contribution in [0.5, 0.6) is 0 Å². The van der Waals surface area contributed by atoms with Crippen molar-refractivity contribution in [2.75, 3.05) is 0 Å². The first-order chi connectivity index (χ1) is 19.4. The summed E-state index contributed by atoms with van der Waals surface area (Å²) < 4.78 is 115. The molecule has 6 rings (SSSR count). The molecule has 0 saturated carbocycles. The molecule has 0 aliphatic carbocycles. The number of imidazole rings is 2. The molecule has 0 N–H and O–H groups in total. The fourth-order valence-electron chi connectivity index (χ4n) is 4.38. The Morgan fingerprint density at radius 1 is 0.548 bits per heavy atom. The minimum atomic E-state index is -2.02. The Morgan fingerprint density at radius 3 is 1.29 bits per heavy atom. The number of pyridine rings is 2. The number of benzene rings is 2.